The van der Waals surface area contributed by atoms with Crippen LogP contribution in [0.1, 0.15) is 29.8 Å². The Bertz CT molecular complexity index is 1320. The molecule has 0 saturated carbocycles. The monoisotopic (exact) mass is 454 g/mol. The van der Waals surface area contributed by atoms with Crippen LogP contribution in [0.2, 0.25) is 0 Å². The van der Waals surface area contributed by atoms with Crippen molar-refractivity contribution in [1.82, 2.24) is 4.98 Å². The number of carbonyl (C=O) groups excluding carboxylic acids is 2. The van der Waals surface area contributed by atoms with Crippen molar-refractivity contribution in [3.05, 3.63) is 90.0 Å². The lowest BCUT2D eigenvalue weighted by molar-refractivity contribution is -0.118. The number of rotatable bonds is 8. The zero-order valence-electron chi connectivity index (χ0n) is 19.2. The van der Waals surface area contributed by atoms with Crippen molar-refractivity contribution < 1.29 is 19.1 Å². The Kier molecular flexibility index (Phi) is 7.18. The van der Waals surface area contributed by atoms with E-state index in [2.05, 4.69) is 12.2 Å². The lowest BCUT2D eigenvalue weighted by Gasteiger charge is -2.13. The molecule has 6 heteroatoms. The molecule has 0 radical (unpaired) electrons. The minimum Gasteiger partial charge on any atom is -0.483 e. The molecule has 0 saturated heterocycles. The van der Waals surface area contributed by atoms with Crippen LogP contribution in [0.15, 0.2) is 78.9 Å². The summed E-state index contributed by atoms with van der Waals surface area (Å²) in [7, 11) is 0. The largest absolute Gasteiger partial charge is 0.483 e. The summed E-state index contributed by atoms with van der Waals surface area (Å²) in [6.45, 7) is 3.92. The SMILES string of the molecule is CCOC(=O)c1ccc2nc(-c3ccccc3)cc(OCC(=O)Nc3cccc(CC)c3)c2c1. The predicted octanol–water partition coefficient (Wildman–Crippen LogP) is 5.66. The van der Waals surface area contributed by atoms with Crippen molar-refractivity contribution >= 4 is 28.5 Å². The molecule has 0 aliphatic heterocycles. The molecule has 6 nitrogen and oxygen atoms in total. The second-order valence-electron chi connectivity index (χ2n) is 7.71. The van der Waals surface area contributed by atoms with Gasteiger partial charge in [0.05, 0.1) is 23.4 Å². The first-order valence-corrected chi connectivity index (χ1v) is 11.3. The van der Waals surface area contributed by atoms with E-state index in [0.29, 0.717) is 27.9 Å². The Hall–Kier alpha value is -4.19. The van der Waals surface area contributed by atoms with Crippen molar-refractivity contribution in [3.8, 4) is 17.0 Å². The minimum absolute atomic E-state index is 0.187. The molecule has 4 rings (SSSR count). The standard InChI is InChI=1S/C28H26N2O4/c1-3-19-9-8-12-22(15-19)29-27(31)18-34-26-17-25(20-10-6-5-7-11-20)30-24-14-13-21(16-23(24)26)28(32)33-4-2/h5-17H,3-4,18H2,1-2H3,(H,29,31). The summed E-state index contributed by atoms with van der Waals surface area (Å²) in [6.07, 6.45) is 0.883. The van der Waals surface area contributed by atoms with Gasteiger partial charge in [-0.05, 0) is 49.2 Å². The third-order valence-electron chi connectivity index (χ3n) is 5.33. The number of hydrogen-bond donors (Lipinski definition) is 1. The van der Waals surface area contributed by atoms with Crippen LogP contribution >= 0.6 is 0 Å². The number of aryl methyl sites for hydroxylation is 1. The molecule has 0 spiro atoms. The van der Waals surface area contributed by atoms with Crippen LogP contribution in [0.25, 0.3) is 22.2 Å². The molecule has 1 heterocycles. The maximum Gasteiger partial charge on any atom is 0.338 e. The average Bonchev–Trinajstić information content (AvgIpc) is 2.87. The van der Waals surface area contributed by atoms with E-state index in [9.17, 15) is 9.59 Å². The number of anilines is 1. The normalized spacial score (nSPS) is 10.6. The van der Waals surface area contributed by atoms with Crippen molar-refractivity contribution in [1.29, 1.82) is 0 Å². The lowest BCUT2D eigenvalue weighted by Crippen LogP contribution is -2.20. The predicted molar refractivity (Wildman–Crippen MR) is 133 cm³/mol. The summed E-state index contributed by atoms with van der Waals surface area (Å²) in [5.74, 6) is -0.232. The Morgan fingerprint density at radius 3 is 2.50 bits per heavy atom. The lowest BCUT2D eigenvalue weighted by atomic mass is 10.1. The molecule has 4 aromatic rings. The number of amides is 1. The van der Waals surface area contributed by atoms with Gasteiger partial charge >= 0.3 is 5.97 Å². The van der Waals surface area contributed by atoms with Crippen LogP contribution in [0.4, 0.5) is 5.69 Å². The molecule has 0 aliphatic rings. The fourth-order valence-corrected chi connectivity index (χ4v) is 3.62. The Morgan fingerprint density at radius 1 is 0.912 bits per heavy atom. The molecule has 1 aromatic heterocycles. The summed E-state index contributed by atoms with van der Waals surface area (Å²) >= 11 is 0. The molecular formula is C28H26N2O4. The second kappa shape index (κ2) is 10.6. The van der Waals surface area contributed by atoms with Gasteiger partial charge < -0.3 is 14.8 Å². The number of hydrogen-bond acceptors (Lipinski definition) is 5. The van der Waals surface area contributed by atoms with Crippen LogP contribution in [0.3, 0.4) is 0 Å². The van der Waals surface area contributed by atoms with Crippen LogP contribution in [0.5, 0.6) is 5.75 Å². The summed E-state index contributed by atoms with van der Waals surface area (Å²) < 4.78 is 11.1. The fraction of sp³-hybridized carbons (Fsp3) is 0.179. The highest BCUT2D eigenvalue weighted by molar-refractivity contribution is 5.97. The number of pyridine rings is 1. The molecule has 0 fully saturated rings. The van der Waals surface area contributed by atoms with E-state index < -0.39 is 5.97 Å². The average molecular weight is 455 g/mol. The smallest absolute Gasteiger partial charge is 0.338 e. The number of nitrogens with zero attached hydrogens (tertiary/aromatic N) is 1. The van der Waals surface area contributed by atoms with Crippen molar-refractivity contribution in [2.24, 2.45) is 0 Å². The van der Waals surface area contributed by atoms with Gasteiger partial charge in [-0.3, -0.25) is 4.79 Å². The van der Waals surface area contributed by atoms with E-state index in [-0.39, 0.29) is 19.1 Å². The molecule has 172 valence electrons. The molecule has 34 heavy (non-hydrogen) atoms. The molecular weight excluding hydrogens is 428 g/mol. The van der Waals surface area contributed by atoms with Crippen LogP contribution in [-0.4, -0.2) is 30.1 Å². The van der Waals surface area contributed by atoms with Gasteiger partial charge in [-0.2, -0.15) is 0 Å². The highest BCUT2D eigenvalue weighted by atomic mass is 16.5. The van der Waals surface area contributed by atoms with Gasteiger partial charge in [0.1, 0.15) is 5.75 Å². The van der Waals surface area contributed by atoms with Crippen molar-refractivity contribution in [2.75, 3.05) is 18.5 Å². The van der Waals surface area contributed by atoms with E-state index in [1.165, 1.54) is 0 Å². The fourth-order valence-electron chi connectivity index (χ4n) is 3.62. The van der Waals surface area contributed by atoms with Gasteiger partial charge in [-0.1, -0.05) is 49.4 Å². The van der Waals surface area contributed by atoms with Crippen LogP contribution in [-0.2, 0) is 16.0 Å². The molecule has 0 unspecified atom stereocenters. The maximum atomic E-state index is 12.6. The number of carbonyl (C=O) groups is 2. The van der Waals surface area contributed by atoms with Gasteiger partial charge in [-0.25, -0.2) is 9.78 Å². The molecule has 0 atom stereocenters. The number of ether oxygens (including phenoxy) is 2. The molecule has 1 amide bonds. The highest BCUT2D eigenvalue weighted by Gasteiger charge is 2.14. The van der Waals surface area contributed by atoms with Gasteiger partial charge in [0.2, 0.25) is 0 Å². The second-order valence-corrected chi connectivity index (χ2v) is 7.71. The third-order valence-corrected chi connectivity index (χ3v) is 5.33. The van der Waals surface area contributed by atoms with E-state index in [1.807, 2.05) is 54.6 Å². The highest BCUT2D eigenvalue weighted by Crippen LogP contribution is 2.31. The van der Waals surface area contributed by atoms with Gasteiger partial charge in [0, 0.05) is 22.7 Å². The van der Waals surface area contributed by atoms with Crippen molar-refractivity contribution in [2.45, 2.75) is 20.3 Å². The number of fused-ring (bicyclic) bond motifs is 1. The number of aromatic nitrogens is 1. The summed E-state index contributed by atoms with van der Waals surface area (Å²) in [6, 6.07) is 24.4. The molecule has 1 N–H and O–H groups in total. The van der Waals surface area contributed by atoms with Gasteiger partial charge in [-0.15, -0.1) is 0 Å². The third kappa shape index (κ3) is 5.41. The zero-order chi connectivity index (χ0) is 23.9. The summed E-state index contributed by atoms with van der Waals surface area (Å²) in [4.78, 5) is 29.6. The number of benzene rings is 3. The summed E-state index contributed by atoms with van der Waals surface area (Å²) in [5.41, 5.74) is 4.54. The van der Waals surface area contributed by atoms with Crippen molar-refractivity contribution in [3.63, 3.8) is 0 Å². The first kappa shape index (κ1) is 23.0. The van der Waals surface area contributed by atoms with Crippen LogP contribution < -0.4 is 10.1 Å². The molecule has 3 aromatic carbocycles. The molecule has 0 aliphatic carbocycles. The minimum atomic E-state index is -0.420. The van der Waals surface area contributed by atoms with E-state index >= 15 is 0 Å². The number of esters is 1. The van der Waals surface area contributed by atoms with Gasteiger partial charge in [0.15, 0.2) is 6.61 Å². The molecule has 0 bridgehead atoms. The van der Waals surface area contributed by atoms with E-state index in [4.69, 9.17) is 14.5 Å². The summed E-state index contributed by atoms with van der Waals surface area (Å²) in [5, 5.41) is 3.50. The zero-order valence-corrected chi connectivity index (χ0v) is 19.2. The van der Waals surface area contributed by atoms with E-state index in [1.54, 1.807) is 31.2 Å². The Morgan fingerprint density at radius 2 is 1.74 bits per heavy atom. The Balaban J connectivity index is 1.64. The first-order chi connectivity index (χ1) is 16.6. The van der Waals surface area contributed by atoms with Crippen LogP contribution in [0, 0.1) is 0 Å². The quantitative estimate of drug-likeness (QED) is 0.348. The van der Waals surface area contributed by atoms with Gasteiger partial charge in [0.25, 0.3) is 5.91 Å². The maximum absolute atomic E-state index is 12.6. The van der Waals surface area contributed by atoms with E-state index in [0.717, 1.165) is 23.2 Å². The Labute approximate surface area is 198 Å². The first-order valence-electron chi connectivity index (χ1n) is 11.3. The number of nitrogens with one attached hydrogen (secondary N) is 1. The topological polar surface area (TPSA) is 77.5 Å².